The summed E-state index contributed by atoms with van der Waals surface area (Å²) in [6.07, 6.45) is 6.51. The van der Waals surface area contributed by atoms with E-state index in [0.717, 1.165) is 16.7 Å². The lowest BCUT2D eigenvalue weighted by atomic mass is 9.93. The van der Waals surface area contributed by atoms with Gasteiger partial charge in [-0.15, -0.1) is 0 Å². The Labute approximate surface area is 174 Å². The van der Waals surface area contributed by atoms with Gasteiger partial charge in [-0.05, 0) is 60.9 Å². The van der Waals surface area contributed by atoms with Crippen LogP contribution in [0.5, 0.6) is 0 Å². The van der Waals surface area contributed by atoms with Crippen LogP contribution in [-0.4, -0.2) is 31.7 Å². The van der Waals surface area contributed by atoms with Crippen LogP contribution in [0, 0.1) is 13.8 Å². The number of Topliss-reactive ketones (excluding diaryl/α,β-unsaturated/α-hetero) is 1. The number of carbonyl (C=O) groups is 2. The van der Waals surface area contributed by atoms with Gasteiger partial charge in [-0.2, -0.15) is 0 Å². The summed E-state index contributed by atoms with van der Waals surface area (Å²) < 4.78 is 0. The van der Waals surface area contributed by atoms with Gasteiger partial charge in [-0.1, -0.05) is 17.7 Å². The number of aryl methyl sites for hydroxylation is 2. The van der Waals surface area contributed by atoms with Crippen LogP contribution < -0.4 is 0 Å². The van der Waals surface area contributed by atoms with Gasteiger partial charge in [0.15, 0.2) is 0 Å². The normalized spacial score (nSPS) is 18.1. The number of pyridine rings is 2. The molecule has 1 aliphatic rings. The fourth-order valence-corrected chi connectivity index (χ4v) is 3.76. The number of benzene rings is 1. The molecule has 6 nitrogen and oxygen atoms in total. The van der Waals surface area contributed by atoms with E-state index >= 15 is 0 Å². The highest BCUT2D eigenvalue weighted by Crippen LogP contribution is 2.40. The van der Waals surface area contributed by atoms with Crippen molar-refractivity contribution in [3.05, 3.63) is 101 Å². The quantitative estimate of drug-likeness (QED) is 0.411. The minimum atomic E-state index is -0.707. The van der Waals surface area contributed by atoms with Gasteiger partial charge in [0, 0.05) is 36.9 Å². The molecule has 0 radical (unpaired) electrons. The van der Waals surface area contributed by atoms with E-state index in [1.54, 1.807) is 49.1 Å². The number of aliphatic hydroxyl groups excluding tert-OH is 1. The van der Waals surface area contributed by atoms with Gasteiger partial charge in [0.1, 0.15) is 5.76 Å². The first kappa shape index (κ1) is 19.5. The van der Waals surface area contributed by atoms with E-state index in [1.807, 2.05) is 32.0 Å². The molecule has 0 bridgehead atoms. The number of aliphatic hydroxyl groups is 1. The highest BCUT2D eigenvalue weighted by molar-refractivity contribution is 6.46. The van der Waals surface area contributed by atoms with E-state index in [9.17, 15) is 14.7 Å². The van der Waals surface area contributed by atoms with Crippen LogP contribution in [0.1, 0.15) is 33.9 Å². The van der Waals surface area contributed by atoms with Gasteiger partial charge in [0.25, 0.3) is 11.7 Å². The number of hydrogen-bond acceptors (Lipinski definition) is 5. The number of rotatable bonds is 4. The number of aromatic nitrogens is 2. The van der Waals surface area contributed by atoms with E-state index in [-0.39, 0.29) is 17.9 Å². The third-order valence-corrected chi connectivity index (χ3v) is 5.31. The molecule has 150 valence electrons. The molecule has 1 fully saturated rings. The van der Waals surface area contributed by atoms with Crippen molar-refractivity contribution in [3.8, 4) is 0 Å². The van der Waals surface area contributed by atoms with Gasteiger partial charge in [-0.3, -0.25) is 19.6 Å². The van der Waals surface area contributed by atoms with Gasteiger partial charge < -0.3 is 10.0 Å². The van der Waals surface area contributed by atoms with Crippen LogP contribution in [0.2, 0.25) is 0 Å². The summed E-state index contributed by atoms with van der Waals surface area (Å²) in [5, 5.41) is 11.2. The molecule has 0 spiro atoms. The first-order valence-electron chi connectivity index (χ1n) is 9.62. The van der Waals surface area contributed by atoms with E-state index in [1.165, 1.54) is 4.90 Å². The molecular formula is C24H21N3O3. The van der Waals surface area contributed by atoms with Crippen molar-refractivity contribution in [1.29, 1.82) is 0 Å². The van der Waals surface area contributed by atoms with E-state index in [0.29, 0.717) is 11.1 Å². The molecule has 0 saturated carbocycles. The minimum absolute atomic E-state index is 0.0916. The van der Waals surface area contributed by atoms with Crippen LogP contribution in [0.25, 0.3) is 5.76 Å². The minimum Gasteiger partial charge on any atom is -0.507 e. The summed E-state index contributed by atoms with van der Waals surface area (Å²) >= 11 is 0. The molecule has 0 aliphatic carbocycles. The molecule has 4 rings (SSSR count). The molecule has 1 aromatic carbocycles. The van der Waals surface area contributed by atoms with Gasteiger partial charge in [-0.25, -0.2) is 0 Å². The Morgan fingerprint density at radius 1 is 0.967 bits per heavy atom. The Morgan fingerprint density at radius 2 is 1.60 bits per heavy atom. The third-order valence-electron chi connectivity index (χ3n) is 5.31. The number of likely N-dealkylation sites (tertiary alicyclic amines) is 1. The molecule has 1 amide bonds. The Bertz CT molecular complexity index is 1140. The van der Waals surface area contributed by atoms with Crippen molar-refractivity contribution in [3.63, 3.8) is 0 Å². The monoisotopic (exact) mass is 399 g/mol. The van der Waals surface area contributed by atoms with E-state index in [2.05, 4.69) is 9.97 Å². The Morgan fingerprint density at radius 3 is 2.27 bits per heavy atom. The fourth-order valence-electron chi connectivity index (χ4n) is 3.76. The second-order valence-corrected chi connectivity index (χ2v) is 7.38. The van der Waals surface area contributed by atoms with Crippen molar-refractivity contribution in [1.82, 2.24) is 14.9 Å². The first-order chi connectivity index (χ1) is 14.5. The summed E-state index contributed by atoms with van der Waals surface area (Å²) in [7, 11) is 0. The van der Waals surface area contributed by atoms with E-state index in [4.69, 9.17) is 0 Å². The lowest BCUT2D eigenvalue weighted by Gasteiger charge is -2.25. The van der Waals surface area contributed by atoms with Crippen molar-refractivity contribution >= 4 is 17.4 Å². The number of hydrogen-bond donors (Lipinski definition) is 1. The number of nitrogens with zero attached hydrogens (tertiary/aromatic N) is 3. The molecule has 1 aliphatic heterocycles. The summed E-state index contributed by atoms with van der Waals surface area (Å²) in [5.74, 6) is -1.49. The van der Waals surface area contributed by atoms with Gasteiger partial charge >= 0.3 is 0 Å². The summed E-state index contributed by atoms with van der Waals surface area (Å²) in [4.78, 5) is 35.6. The maximum absolute atomic E-state index is 13.1. The second kappa shape index (κ2) is 7.91. The van der Waals surface area contributed by atoms with Crippen LogP contribution in [0.3, 0.4) is 0 Å². The lowest BCUT2D eigenvalue weighted by molar-refractivity contribution is -0.140. The average Bonchev–Trinajstić information content (AvgIpc) is 3.01. The molecule has 1 unspecified atom stereocenters. The molecule has 6 heteroatoms. The predicted octanol–water partition coefficient (Wildman–Crippen LogP) is 3.72. The smallest absolute Gasteiger partial charge is 0.295 e. The maximum Gasteiger partial charge on any atom is 0.295 e. The van der Waals surface area contributed by atoms with Crippen molar-refractivity contribution < 1.29 is 14.7 Å². The second-order valence-electron chi connectivity index (χ2n) is 7.38. The van der Waals surface area contributed by atoms with E-state index < -0.39 is 17.7 Å². The summed E-state index contributed by atoms with van der Waals surface area (Å²) in [5.41, 5.74) is 3.98. The van der Waals surface area contributed by atoms with Crippen LogP contribution >= 0.6 is 0 Å². The van der Waals surface area contributed by atoms with Crippen LogP contribution in [0.4, 0.5) is 0 Å². The molecule has 30 heavy (non-hydrogen) atoms. The number of ketones is 1. The summed E-state index contributed by atoms with van der Waals surface area (Å²) in [6.45, 7) is 4.01. The predicted molar refractivity (Wildman–Crippen MR) is 112 cm³/mol. The molecule has 3 heterocycles. The molecule has 1 atom stereocenters. The molecule has 3 aromatic rings. The topological polar surface area (TPSA) is 83.4 Å². The summed E-state index contributed by atoms with van der Waals surface area (Å²) in [6, 6.07) is 12.1. The zero-order valence-corrected chi connectivity index (χ0v) is 16.7. The molecule has 1 saturated heterocycles. The van der Waals surface area contributed by atoms with Crippen molar-refractivity contribution in [2.45, 2.75) is 26.4 Å². The Hall–Kier alpha value is -3.80. The Balaban J connectivity index is 1.89. The van der Waals surface area contributed by atoms with Crippen molar-refractivity contribution in [2.75, 3.05) is 0 Å². The first-order valence-corrected chi connectivity index (χ1v) is 9.62. The lowest BCUT2D eigenvalue weighted by Crippen LogP contribution is -2.29. The maximum atomic E-state index is 13.1. The zero-order chi connectivity index (χ0) is 21.3. The number of amides is 1. The van der Waals surface area contributed by atoms with Crippen LogP contribution in [0.15, 0.2) is 72.8 Å². The van der Waals surface area contributed by atoms with Gasteiger partial charge in [0.05, 0.1) is 11.6 Å². The highest BCUT2D eigenvalue weighted by atomic mass is 16.3. The molecule has 1 N–H and O–H groups in total. The fraction of sp³-hybridized carbons (Fsp3) is 0.167. The molecule has 2 aromatic heterocycles. The largest absolute Gasteiger partial charge is 0.507 e. The molecular weight excluding hydrogens is 378 g/mol. The Kier molecular flexibility index (Phi) is 5.14. The zero-order valence-electron chi connectivity index (χ0n) is 16.7. The standard InChI is InChI=1S/C24H21N3O3/c1-15-3-4-16(2)19(13-15)22(28)20-21(18-7-11-26-12-8-18)27(24(30)23(20)29)14-17-5-9-25-10-6-17/h3-13,21,28H,14H2,1-2H3. The van der Waals surface area contributed by atoms with Gasteiger partial charge in [0.2, 0.25) is 0 Å². The average molecular weight is 399 g/mol. The van der Waals surface area contributed by atoms with Crippen molar-refractivity contribution in [2.24, 2.45) is 0 Å². The highest BCUT2D eigenvalue weighted by Gasteiger charge is 2.46. The van der Waals surface area contributed by atoms with Crippen LogP contribution in [-0.2, 0) is 16.1 Å². The SMILES string of the molecule is Cc1ccc(C)c(C(O)=C2C(=O)C(=O)N(Cc3ccncc3)C2c2ccncc2)c1. The number of carbonyl (C=O) groups excluding carboxylic acids is 2. The third kappa shape index (κ3) is 3.48.